The van der Waals surface area contributed by atoms with Crippen LogP contribution in [-0.4, -0.2) is 4.98 Å². The Bertz CT molecular complexity index is 895. The topological polar surface area (TPSA) is 12.9 Å². The maximum Gasteiger partial charge on any atom is 0.0708 e. The number of aromatic nitrogens is 1. The smallest absolute Gasteiger partial charge is 0.0708 e. The summed E-state index contributed by atoms with van der Waals surface area (Å²) in [6.45, 7) is 0. The van der Waals surface area contributed by atoms with E-state index in [0.717, 1.165) is 5.52 Å². The van der Waals surface area contributed by atoms with Gasteiger partial charge in [-0.05, 0) is 28.6 Å². The van der Waals surface area contributed by atoms with Crippen LogP contribution < -0.4 is 0 Å². The van der Waals surface area contributed by atoms with Gasteiger partial charge in [-0.3, -0.25) is 4.98 Å². The first-order chi connectivity index (χ1) is 9.92. The third-order valence-electron chi connectivity index (χ3n) is 3.70. The van der Waals surface area contributed by atoms with Crippen LogP contribution in [0, 0.1) is 0 Å². The van der Waals surface area contributed by atoms with E-state index in [1.807, 2.05) is 18.3 Å². The minimum absolute atomic E-state index is 1.05. The zero-order valence-electron chi connectivity index (χ0n) is 11.0. The minimum Gasteiger partial charge on any atom is -0.256 e. The molecule has 4 rings (SSSR count). The second kappa shape index (κ2) is 4.46. The first-order valence-electron chi connectivity index (χ1n) is 6.75. The summed E-state index contributed by atoms with van der Waals surface area (Å²) in [6.07, 6.45) is 1.96. The number of para-hydroxylation sites is 1. The highest BCUT2D eigenvalue weighted by Crippen LogP contribution is 2.28. The number of hydrogen-bond acceptors (Lipinski definition) is 1. The Morgan fingerprint density at radius 2 is 1.40 bits per heavy atom. The molecule has 4 aromatic rings. The molecule has 0 unspecified atom stereocenters. The SMILES string of the molecule is c1ccc(-c2ccc3c(cnc4ccccc43)c2)cc1. The first-order valence-corrected chi connectivity index (χ1v) is 6.75. The standard InChI is InChI=1S/C19H13N/c1-2-6-14(7-3-1)15-10-11-17-16(12-15)13-20-19-9-5-4-8-18(17)19/h1-13H. The second-order valence-electron chi connectivity index (χ2n) is 4.94. The van der Waals surface area contributed by atoms with Gasteiger partial charge in [0.2, 0.25) is 0 Å². The van der Waals surface area contributed by atoms with Gasteiger partial charge in [-0.15, -0.1) is 0 Å². The lowest BCUT2D eigenvalue weighted by Gasteiger charge is -2.06. The second-order valence-corrected chi connectivity index (χ2v) is 4.94. The van der Waals surface area contributed by atoms with E-state index in [1.165, 1.54) is 27.3 Å². The van der Waals surface area contributed by atoms with E-state index in [1.54, 1.807) is 0 Å². The lowest BCUT2D eigenvalue weighted by Crippen LogP contribution is -1.83. The summed E-state index contributed by atoms with van der Waals surface area (Å²) in [7, 11) is 0. The van der Waals surface area contributed by atoms with Crippen LogP contribution in [0.5, 0.6) is 0 Å². The molecular weight excluding hydrogens is 242 g/mol. The van der Waals surface area contributed by atoms with E-state index in [4.69, 9.17) is 0 Å². The molecule has 0 bridgehead atoms. The van der Waals surface area contributed by atoms with Gasteiger partial charge in [-0.25, -0.2) is 0 Å². The molecular formula is C19H13N. The average Bonchev–Trinajstić information content (AvgIpc) is 2.55. The number of nitrogens with zero attached hydrogens (tertiary/aromatic N) is 1. The molecule has 1 heteroatoms. The van der Waals surface area contributed by atoms with Gasteiger partial charge in [0.25, 0.3) is 0 Å². The summed E-state index contributed by atoms with van der Waals surface area (Å²) >= 11 is 0. The number of rotatable bonds is 1. The van der Waals surface area contributed by atoms with Gasteiger partial charge in [-0.2, -0.15) is 0 Å². The van der Waals surface area contributed by atoms with Gasteiger partial charge < -0.3 is 0 Å². The fourth-order valence-electron chi connectivity index (χ4n) is 2.68. The summed E-state index contributed by atoms with van der Waals surface area (Å²) in [5.74, 6) is 0. The first kappa shape index (κ1) is 11.2. The van der Waals surface area contributed by atoms with Gasteiger partial charge in [0, 0.05) is 17.0 Å². The molecule has 1 heterocycles. The predicted molar refractivity (Wildman–Crippen MR) is 84.7 cm³/mol. The predicted octanol–water partition coefficient (Wildman–Crippen LogP) is 5.06. The van der Waals surface area contributed by atoms with Crippen molar-refractivity contribution in [2.75, 3.05) is 0 Å². The normalized spacial score (nSPS) is 11.0. The summed E-state index contributed by atoms with van der Waals surface area (Å²) < 4.78 is 0. The van der Waals surface area contributed by atoms with E-state index in [0.29, 0.717) is 0 Å². The zero-order valence-corrected chi connectivity index (χ0v) is 11.0. The molecule has 0 aliphatic rings. The molecule has 0 saturated carbocycles. The van der Waals surface area contributed by atoms with Crippen LogP contribution in [0.3, 0.4) is 0 Å². The van der Waals surface area contributed by atoms with Crippen LogP contribution in [-0.2, 0) is 0 Å². The fourth-order valence-corrected chi connectivity index (χ4v) is 2.68. The third-order valence-corrected chi connectivity index (χ3v) is 3.70. The monoisotopic (exact) mass is 255 g/mol. The maximum absolute atomic E-state index is 4.54. The molecule has 0 N–H and O–H groups in total. The van der Waals surface area contributed by atoms with Gasteiger partial charge in [0.05, 0.1) is 5.52 Å². The Kier molecular flexibility index (Phi) is 2.49. The molecule has 1 nitrogen and oxygen atoms in total. The number of pyridine rings is 1. The lowest BCUT2D eigenvalue weighted by atomic mass is 10.0. The molecule has 94 valence electrons. The molecule has 0 spiro atoms. The summed E-state index contributed by atoms with van der Waals surface area (Å²) in [4.78, 5) is 4.54. The summed E-state index contributed by atoms with van der Waals surface area (Å²) in [5.41, 5.74) is 3.52. The summed E-state index contributed by atoms with van der Waals surface area (Å²) in [5, 5.41) is 3.66. The Morgan fingerprint density at radius 3 is 2.30 bits per heavy atom. The fraction of sp³-hybridized carbons (Fsp3) is 0. The molecule has 0 amide bonds. The molecule has 20 heavy (non-hydrogen) atoms. The van der Waals surface area contributed by atoms with E-state index in [-0.39, 0.29) is 0 Å². The zero-order chi connectivity index (χ0) is 13.4. The number of fused-ring (bicyclic) bond motifs is 3. The van der Waals surface area contributed by atoms with E-state index < -0.39 is 0 Å². The Hall–Kier alpha value is -2.67. The van der Waals surface area contributed by atoms with Crippen molar-refractivity contribution in [1.29, 1.82) is 0 Å². The molecule has 1 aromatic heterocycles. The van der Waals surface area contributed by atoms with Crippen LogP contribution in [0.4, 0.5) is 0 Å². The minimum atomic E-state index is 1.05. The number of benzene rings is 3. The van der Waals surface area contributed by atoms with Crippen molar-refractivity contribution in [3.63, 3.8) is 0 Å². The van der Waals surface area contributed by atoms with Crippen molar-refractivity contribution < 1.29 is 0 Å². The van der Waals surface area contributed by atoms with E-state index >= 15 is 0 Å². The van der Waals surface area contributed by atoms with Crippen molar-refractivity contribution in [2.24, 2.45) is 0 Å². The van der Waals surface area contributed by atoms with Crippen molar-refractivity contribution in [3.05, 3.63) is 79.0 Å². The Labute approximate surface area is 117 Å². The molecule has 0 aliphatic heterocycles. The highest BCUT2D eigenvalue weighted by Gasteiger charge is 2.03. The largest absolute Gasteiger partial charge is 0.256 e. The van der Waals surface area contributed by atoms with Gasteiger partial charge in [0.15, 0.2) is 0 Å². The van der Waals surface area contributed by atoms with Crippen molar-refractivity contribution in [2.45, 2.75) is 0 Å². The van der Waals surface area contributed by atoms with Gasteiger partial charge in [0.1, 0.15) is 0 Å². The Balaban J connectivity index is 1.99. The van der Waals surface area contributed by atoms with Crippen LogP contribution in [0.2, 0.25) is 0 Å². The molecule has 0 saturated heterocycles. The van der Waals surface area contributed by atoms with Gasteiger partial charge in [-0.1, -0.05) is 60.7 Å². The van der Waals surface area contributed by atoms with Crippen LogP contribution in [0.15, 0.2) is 79.0 Å². The average molecular weight is 255 g/mol. The highest BCUT2D eigenvalue weighted by molar-refractivity contribution is 6.06. The van der Waals surface area contributed by atoms with E-state index in [2.05, 4.69) is 65.6 Å². The maximum atomic E-state index is 4.54. The van der Waals surface area contributed by atoms with Crippen LogP contribution >= 0.6 is 0 Å². The van der Waals surface area contributed by atoms with Crippen LogP contribution in [0.1, 0.15) is 0 Å². The molecule has 0 atom stereocenters. The van der Waals surface area contributed by atoms with Crippen LogP contribution in [0.25, 0.3) is 32.8 Å². The lowest BCUT2D eigenvalue weighted by molar-refractivity contribution is 1.44. The van der Waals surface area contributed by atoms with Crippen molar-refractivity contribution >= 4 is 21.7 Å². The van der Waals surface area contributed by atoms with Crippen molar-refractivity contribution in [1.82, 2.24) is 4.98 Å². The molecule has 0 radical (unpaired) electrons. The quantitative estimate of drug-likeness (QED) is 0.433. The highest BCUT2D eigenvalue weighted by atomic mass is 14.6. The van der Waals surface area contributed by atoms with E-state index in [9.17, 15) is 0 Å². The number of hydrogen-bond donors (Lipinski definition) is 0. The molecule has 3 aromatic carbocycles. The third kappa shape index (κ3) is 1.76. The van der Waals surface area contributed by atoms with Crippen molar-refractivity contribution in [3.8, 4) is 11.1 Å². The van der Waals surface area contributed by atoms with Gasteiger partial charge >= 0.3 is 0 Å². The summed E-state index contributed by atoms with van der Waals surface area (Å²) in [6, 6.07) is 25.3. The molecule has 0 fully saturated rings. The Morgan fingerprint density at radius 1 is 0.600 bits per heavy atom. The molecule has 0 aliphatic carbocycles.